The van der Waals surface area contributed by atoms with E-state index in [9.17, 15) is 9.59 Å². The number of amides is 3. The molecule has 0 bridgehead atoms. The molecule has 6 nitrogen and oxygen atoms in total. The third kappa shape index (κ3) is 3.48. The first kappa shape index (κ1) is 15.4. The zero-order chi connectivity index (χ0) is 16.4. The largest absolute Gasteiger partial charge is 0.454 e. The normalized spacial score (nSPS) is 13.5. The molecule has 0 unspecified atom stereocenters. The van der Waals surface area contributed by atoms with Crippen LogP contribution in [0.25, 0.3) is 0 Å². The number of benzene rings is 1. The molecule has 0 fully saturated rings. The van der Waals surface area contributed by atoms with Gasteiger partial charge in [0.25, 0.3) is 5.91 Å². The van der Waals surface area contributed by atoms with E-state index in [0.717, 1.165) is 12.0 Å². The molecule has 0 saturated carbocycles. The van der Waals surface area contributed by atoms with E-state index in [4.69, 9.17) is 21.8 Å². The van der Waals surface area contributed by atoms with Gasteiger partial charge in [-0.2, -0.15) is 0 Å². The Bertz CT molecular complexity index is 757. The Kier molecular flexibility index (Phi) is 4.25. The molecule has 0 saturated heterocycles. The van der Waals surface area contributed by atoms with E-state index in [1.54, 1.807) is 11.0 Å². The third-order valence-electron chi connectivity index (χ3n) is 3.79. The molecule has 1 aromatic heterocycles. The molecular formula is C16H16ClN3O3. The molecule has 2 heterocycles. The predicted molar refractivity (Wildman–Crippen MR) is 85.0 cm³/mol. The Morgan fingerprint density at radius 1 is 1.26 bits per heavy atom. The second-order valence-electron chi connectivity index (χ2n) is 5.37. The standard InChI is InChI=1S/C16H16ClN3O3/c17-12-2-1-11-9-20(6-5-10(11)7-12)16(22)19-8-13-3-4-14(23-13)15(18)21/h1-4,7H,5-6,8-9H2,(H2,18,21)(H,19,22). The van der Waals surface area contributed by atoms with Gasteiger partial charge in [-0.1, -0.05) is 17.7 Å². The van der Waals surface area contributed by atoms with Gasteiger partial charge in [0.1, 0.15) is 5.76 Å². The van der Waals surface area contributed by atoms with Gasteiger partial charge in [-0.15, -0.1) is 0 Å². The first-order valence-corrected chi connectivity index (χ1v) is 7.59. The lowest BCUT2D eigenvalue weighted by molar-refractivity contribution is 0.0972. The number of nitrogens with two attached hydrogens (primary N) is 1. The van der Waals surface area contributed by atoms with E-state index in [0.29, 0.717) is 23.9 Å². The summed E-state index contributed by atoms with van der Waals surface area (Å²) in [6.45, 7) is 1.38. The van der Waals surface area contributed by atoms with Crippen LogP contribution in [0.5, 0.6) is 0 Å². The van der Waals surface area contributed by atoms with Crippen LogP contribution in [0.15, 0.2) is 34.7 Å². The molecular weight excluding hydrogens is 318 g/mol. The van der Waals surface area contributed by atoms with Gasteiger partial charge in [-0.25, -0.2) is 4.79 Å². The van der Waals surface area contributed by atoms with Crippen molar-refractivity contribution in [3.63, 3.8) is 0 Å². The average molecular weight is 334 g/mol. The summed E-state index contributed by atoms with van der Waals surface area (Å²) in [5.74, 6) is -0.0664. The Hall–Kier alpha value is -2.47. The molecule has 1 aliphatic rings. The van der Waals surface area contributed by atoms with Gasteiger partial charge in [-0.05, 0) is 41.8 Å². The number of hydrogen-bond donors (Lipinski definition) is 2. The SMILES string of the molecule is NC(=O)c1ccc(CNC(=O)N2CCc3cc(Cl)ccc3C2)o1. The van der Waals surface area contributed by atoms with Gasteiger partial charge in [0, 0.05) is 18.1 Å². The molecule has 120 valence electrons. The van der Waals surface area contributed by atoms with Crippen molar-refractivity contribution in [2.24, 2.45) is 5.73 Å². The van der Waals surface area contributed by atoms with Crippen molar-refractivity contribution < 1.29 is 14.0 Å². The van der Waals surface area contributed by atoms with Crippen LogP contribution in [0.2, 0.25) is 5.02 Å². The molecule has 3 rings (SSSR count). The molecule has 3 amide bonds. The van der Waals surface area contributed by atoms with Crippen LogP contribution in [0, 0.1) is 0 Å². The lowest BCUT2D eigenvalue weighted by Crippen LogP contribution is -2.42. The van der Waals surface area contributed by atoms with Gasteiger partial charge in [0.15, 0.2) is 5.76 Å². The zero-order valence-electron chi connectivity index (χ0n) is 12.3. The third-order valence-corrected chi connectivity index (χ3v) is 4.02. The number of nitrogens with zero attached hydrogens (tertiary/aromatic N) is 1. The van der Waals surface area contributed by atoms with Crippen LogP contribution in [0.4, 0.5) is 4.79 Å². The molecule has 0 aliphatic carbocycles. The van der Waals surface area contributed by atoms with E-state index in [1.807, 2.05) is 18.2 Å². The second-order valence-corrected chi connectivity index (χ2v) is 5.81. The average Bonchev–Trinajstić information content (AvgIpc) is 3.01. The lowest BCUT2D eigenvalue weighted by atomic mass is 10.0. The highest BCUT2D eigenvalue weighted by atomic mass is 35.5. The van der Waals surface area contributed by atoms with Crippen LogP contribution < -0.4 is 11.1 Å². The number of fused-ring (bicyclic) bond motifs is 1. The molecule has 1 aromatic carbocycles. The topological polar surface area (TPSA) is 88.6 Å². The first-order chi connectivity index (χ1) is 11.0. The maximum absolute atomic E-state index is 12.2. The van der Waals surface area contributed by atoms with Crippen LogP contribution >= 0.6 is 11.6 Å². The smallest absolute Gasteiger partial charge is 0.318 e. The van der Waals surface area contributed by atoms with Crippen LogP contribution in [0.3, 0.4) is 0 Å². The second kappa shape index (κ2) is 6.34. The molecule has 1 aliphatic heterocycles. The van der Waals surface area contributed by atoms with Gasteiger partial charge < -0.3 is 20.4 Å². The summed E-state index contributed by atoms with van der Waals surface area (Å²) < 4.78 is 5.23. The monoisotopic (exact) mass is 333 g/mol. The first-order valence-electron chi connectivity index (χ1n) is 7.21. The number of carbonyl (C=O) groups is 2. The van der Waals surface area contributed by atoms with Crippen LogP contribution in [-0.2, 0) is 19.5 Å². The van der Waals surface area contributed by atoms with Gasteiger partial charge >= 0.3 is 6.03 Å². The minimum atomic E-state index is -0.631. The Balaban J connectivity index is 1.58. The van der Waals surface area contributed by atoms with Crippen molar-refractivity contribution in [2.45, 2.75) is 19.5 Å². The summed E-state index contributed by atoms with van der Waals surface area (Å²) in [5.41, 5.74) is 7.40. The zero-order valence-corrected chi connectivity index (χ0v) is 13.1. The number of furan rings is 1. The number of primary amides is 1. The summed E-state index contributed by atoms with van der Waals surface area (Å²) in [6, 6.07) is 8.65. The van der Waals surface area contributed by atoms with Crippen molar-refractivity contribution in [1.29, 1.82) is 0 Å². The molecule has 0 spiro atoms. The van der Waals surface area contributed by atoms with E-state index in [1.165, 1.54) is 11.6 Å². The van der Waals surface area contributed by atoms with Gasteiger partial charge in [0.05, 0.1) is 6.54 Å². The van der Waals surface area contributed by atoms with E-state index < -0.39 is 5.91 Å². The number of nitrogens with one attached hydrogen (secondary N) is 1. The Morgan fingerprint density at radius 3 is 2.83 bits per heavy atom. The minimum Gasteiger partial charge on any atom is -0.454 e. The molecule has 3 N–H and O–H groups in total. The van der Waals surface area contributed by atoms with E-state index >= 15 is 0 Å². The fraction of sp³-hybridized carbons (Fsp3) is 0.250. The Morgan fingerprint density at radius 2 is 2.09 bits per heavy atom. The fourth-order valence-electron chi connectivity index (χ4n) is 2.57. The maximum Gasteiger partial charge on any atom is 0.318 e. The van der Waals surface area contributed by atoms with E-state index in [2.05, 4.69) is 5.32 Å². The van der Waals surface area contributed by atoms with Crippen LogP contribution in [-0.4, -0.2) is 23.4 Å². The van der Waals surface area contributed by atoms with E-state index in [-0.39, 0.29) is 18.3 Å². The Labute approximate surface area is 138 Å². The van der Waals surface area contributed by atoms with Crippen molar-refractivity contribution in [3.8, 4) is 0 Å². The summed E-state index contributed by atoms with van der Waals surface area (Å²) in [6.07, 6.45) is 0.774. The number of halogens is 1. The molecule has 0 atom stereocenters. The van der Waals surface area contributed by atoms with Gasteiger partial charge in [0.2, 0.25) is 0 Å². The highest BCUT2D eigenvalue weighted by Crippen LogP contribution is 2.22. The summed E-state index contributed by atoms with van der Waals surface area (Å²) in [7, 11) is 0. The summed E-state index contributed by atoms with van der Waals surface area (Å²) in [5, 5.41) is 3.49. The summed E-state index contributed by atoms with van der Waals surface area (Å²) in [4.78, 5) is 24.9. The van der Waals surface area contributed by atoms with Crippen molar-refractivity contribution in [1.82, 2.24) is 10.2 Å². The number of carbonyl (C=O) groups excluding carboxylic acids is 2. The number of urea groups is 1. The number of rotatable bonds is 3. The van der Waals surface area contributed by atoms with Crippen LogP contribution in [0.1, 0.15) is 27.4 Å². The predicted octanol–water partition coefficient (Wildman–Crippen LogP) is 2.30. The molecule has 0 radical (unpaired) electrons. The molecule has 2 aromatic rings. The minimum absolute atomic E-state index is 0.0815. The van der Waals surface area contributed by atoms with Crippen molar-refractivity contribution >= 4 is 23.5 Å². The van der Waals surface area contributed by atoms with Gasteiger partial charge in [-0.3, -0.25) is 4.79 Å². The molecule has 7 heteroatoms. The summed E-state index contributed by atoms with van der Waals surface area (Å²) >= 11 is 5.98. The fourth-order valence-corrected chi connectivity index (χ4v) is 2.77. The molecule has 23 heavy (non-hydrogen) atoms. The highest BCUT2D eigenvalue weighted by molar-refractivity contribution is 6.30. The number of hydrogen-bond acceptors (Lipinski definition) is 3. The maximum atomic E-state index is 12.2. The van der Waals surface area contributed by atoms with Crippen molar-refractivity contribution in [2.75, 3.05) is 6.54 Å². The lowest BCUT2D eigenvalue weighted by Gasteiger charge is -2.29. The van der Waals surface area contributed by atoms with Crippen molar-refractivity contribution in [3.05, 3.63) is 58.0 Å². The highest BCUT2D eigenvalue weighted by Gasteiger charge is 2.21. The quantitative estimate of drug-likeness (QED) is 0.903.